The zero-order valence-corrected chi connectivity index (χ0v) is 12.4. The van der Waals surface area contributed by atoms with Gasteiger partial charge in [0.15, 0.2) is 0 Å². The Morgan fingerprint density at radius 3 is 2.30 bits per heavy atom. The quantitative estimate of drug-likeness (QED) is 0.741. The number of ether oxygens (including phenoxy) is 2. The summed E-state index contributed by atoms with van der Waals surface area (Å²) in [6.07, 6.45) is 0.300. The van der Waals surface area contributed by atoms with E-state index in [0.717, 1.165) is 11.3 Å². The smallest absolute Gasteiger partial charge is 0.310 e. The van der Waals surface area contributed by atoms with E-state index >= 15 is 0 Å². The Hall–Kier alpha value is -2.04. The van der Waals surface area contributed by atoms with Gasteiger partial charge in [-0.1, -0.05) is 19.1 Å². The van der Waals surface area contributed by atoms with Crippen LogP contribution in [-0.2, 0) is 20.7 Å². The van der Waals surface area contributed by atoms with Crippen molar-refractivity contribution in [2.24, 2.45) is 5.92 Å². The van der Waals surface area contributed by atoms with Gasteiger partial charge >= 0.3 is 5.97 Å². The van der Waals surface area contributed by atoms with Crippen molar-refractivity contribution in [2.45, 2.75) is 13.3 Å². The molecule has 0 spiro atoms. The van der Waals surface area contributed by atoms with E-state index in [1.165, 1.54) is 7.11 Å². The molecule has 0 bridgehead atoms. The van der Waals surface area contributed by atoms with Gasteiger partial charge in [-0.05, 0) is 17.7 Å². The van der Waals surface area contributed by atoms with Crippen LogP contribution in [-0.4, -0.2) is 44.6 Å². The summed E-state index contributed by atoms with van der Waals surface area (Å²) in [4.78, 5) is 24.9. The fraction of sp³-hybridized carbons (Fsp3) is 0.467. The van der Waals surface area contributed by atoms with Crippen LogP contribution >= 0.6 is 0 Å². The molecule has 0 aliphatic carbocycles. The lowest BCUT2D eigenvalue weighted by Gasteiger charge is -2.20. The van der Waals surface area contributed by atoms with Crippen molar-refractivity contribution in [3.05, 3.63) is 29.8 Å². The molecule has 5 nitrogen and oxygen atoms in total. The Labute approximate surface area is 119 Å². The normalized spacial score (nSPS) is 11.6. The monoisotopic (exact) mass is 279 g/mol. The van der Waals surface area contributed by atoms with Crippen LogP contribution in [0.4, 0.5) is 0 Å². The summed E-state index contributed by atoms with van der Waals surface area (Å²) in [5.41, 5.74) is 0.911. The summed E-state index contributed by atoms with van der Waals surface area (Å²) < 4.78 is 9.71. The van der Waals surface area contributed by atoms with E-state index in [2.05, 4.69) is 4.74 Å². The maximum Gasteiger partial charge on any atom is 0.310 e. The van der Waals surface area contributed by atoms with E-state index < -0.39 is 0 Å². The molecule has 0 fully saturated rings. The molecule has 0 aliphatic rings. The van der Waals surface area contributed by atoms with Crippen molar-refractivity contribution >= 4 is 11.9 Å². The summed E-state index contributed by atoms with van der Waals surface area (Å²) in [5, 5.41) is 0. The molecule has 1 amide bonds. The van der Waals surface area contributed by atoms with Crippen LogP contribution in [0.1, 0.15) is 12.5 Å². The fourth-order valence-corrected chi connectivity index (χ4v) is 1.84. The van der Waals surface area contributed by atoms with Gasteiger partial charge in [0.25, 0.3) is 0 Å². The molecule has 5 heteroatoms. The number of rotatable bonds is 6. The van der Waals surface area contributed by atoms with Gasteiger partial charge < -0.3 is 14.4 Å². The number of carbonyl (C=O) groups is 2. The molecule has 0 aromatic heterocycles. The van der Waals surface area contributed by atoms with E-state index in [1.807, 2.05) is 24.3 Å². The van der Waals surface area contributed by atoms with Gasteiger partial charge in [0.1, 0.15) is 5.75 Å². The molecule has 0 saturated carbocycles. The first kappa shape index (κ1) is 16.0. The highest BCUT2D eigenvalue weighted by Crippen LogP contribution is 2.12. The molecule has 0 radical (unpaired) electrons. The minimum absolute atomic E-state index is 0.0362. The Balaban J connectivity index is 2.54. The molecule has 0 N–H and O–H groups in total. The molecule has 20 heavy (non-hydrogen) atoms. The molecule has 1 aromatic rings. The van der Waals surface area contributed by atoms with Crippen molar-refractivity contribution in [1.82, 2.24) is 4.90 Å². The predicted octanol–water partition coefficient (Wildman–Crippen LogP) is 1.51. The Bertz CT molecular complexity index is 455. The summed E-state index contributed by atoms with van der Waals surface area (Å²) in [6, 6.07) is 7.35. The van der Waals surface area contributed by atoms with Gasteiger partial charge in [-0.2, -0.15) is 0 Å². The van der Waals surface area contributed by atoms with Gasteiger partial charge in [0, 0.05) is 13.6 Å². The van der Waals surface area contributed by atoms with Crippen molar-refractivity contribution in [2.75, 3.05) is 27.8 Å². The summed E-state index contributed by atoms with van der Waals surface area (Å²) in [6.45, 7) is 2.09. The van der Waals surface area contributed by atoms with Gasteiger partial charge in [-0.3, -0.25) is 9.59 Å². The number of carbonyl (C=O) groups excluding carboxylic acids is 2. The molecule has 1 unspecified atom stereocenters. The third-order valence-electron chi connectivity index (χ3n) is 3.09. The second-order valence-corrected chi connectivity index (χ2v) is 4.72. The van der Waals surface area contributed by atoms with E-state index in [1.54, 1.807) is 26.0 Å². The van der Waals surface area contributed by atoms with Crippen molar-refractivity contribution < 1.29 is 19.1 Å². The molecule has 0 heterocycles. The standard InChI is InChI=1S/C15H21NO4/c1-11(15(18)20-4)10-16(2)14(17)9-12-5-7-13(19-3)8-6-12/h5-8,11H,9-10H2,1-4H3. The molecule has 0 saturated heterocycles. The summed E-state index contributed by atoms with van der Waals surface area (Å²) in [5.74, 6) is 0.0821. The maximum atomic E-state index is 12.1. The Morgan fingerprint density at radius 1 is 1.20 bits per heavy atom. The average molecular weight is 279 g/mol. The Morgan fingerprint density at radius 2 is 1.80 bits per heavy atom. The first-order valence-electron chi connectivity index (χ1n) is 6.42. The number of methoxy groups -OCH3 is 2. The van der Waals surface area contributed by atoms with Crippen molar-refractivity contribution in [3.63, 3.8) is 0 Å². The molecule has 1 aromatic carbocycles. The van der Waals surface area contributed by atoms with Crippen LogP contribution in [0.15, 0.2) is 24.3 Å². The fourth-order valence-electron chi connectivity index (χ4n) is 1.84. The second kappa shape index (κ2) is 7.53. The lowest BCUT2D eigenvalue weighted by Crippen LogP contribution is -2.35. The molecule has 1 rings (SSSR count). The summed E-state index contributed by atoms with van der Waals surface area (Å²) in [7, 11) is 4.63. The Kier molecular flexibility index (Phi) is 6.03. The minimum atomic E-state index is -0.329. The van der Waals surface area contributed by atoms with Gasteiger partial charge in [-0.15, -0.1) is 0 Å². The zero-order valence-electron chi connectivity index (χ0n) is 12.4. The number of hydrogen-bond acceptors (Lipinski definition) is 4. The number of esters is 1. The first-order valence-corrected chi connectivity index (χ1v) is 6.42. The van der Waals surface area contributed by atoms with Crippen molar-refractivity contribution in [1.29, 1.82) is 0 Å². The molecular formula is C15H21NO4. The molecule has 0 aliphatic heterocycles. The largest absolute Gasteiger partial charge is 0.497 e. The number of nitrogens with zero attached hydrogens (tertiary/aromatic N) is 1. The third kappa shape index (κ3) is 4.57. The third-order valence-corrected chi connectivity index (χ3v) is 3.09. The van der Waals surface area contributed by atoms with Crippen LogP contribution in [0.25, 0.3) is 0 Å². The van der Waals surface area contributed by atoms with Gasteiger partial charge in [0.05, 0.1) is 26.6 Å². The van der Waals surface area contributed by atoms with E-state index in [-0.39, 0.29) is 17.8 Å². The molecule has 110 valence electrons. The number of hydrogen-bond donors (Lipinski definition) is 0. The highest BCUT2D eigenvalue weighted by molar-refractivity contribution is 5.79. The molecule has 1 atom stereocenters. The maximum absolute atomic E-state index is 12.1. The lowest BCUT2D eigenvalue weighted by molar-refractivity contribution is -0.146. The van der Waals surface area contributed by atoms with Crippen LogP contribution in [0, 0.1) is 5.92 Å². The average Bonchev–Trinajstić information content (AvgIpc) is 2.46. The SMILES string of the molecule is COC(=O)C(C)CN(C)C(=O)Cc1ccc(OC)cc1. The highest BCUT2D eigenvalue weighted by Gasteiger charge is 2.18. The van der Waals surface area contributed by atoms with Gasteiger partial charge in [0.2, 0.25) is 5.91 Å². The lowest BCUT2D eigenvalue weighted by atomic mass is 10.1. The van der Waals surface area contributed by atoms with Crippen LogP contribution in [0.3, 0.4) is 0 Å². The van der Waals surface area contributed by atoms with E-state index in [4.69, 9.17) is 4.74 Å². The first-order chi connectivity index (χ1) is 9.47. The minimum Gasteiger partial charge on any atom is -0.497 e. The highest BCUT2D eigenvalue weighted by atomic mass is 16.5. The number of amides is 1. The van der Waals surface area contributed by atoms with Gasteiger partial charge in [-0.25, -0.2) is 0 Å². The topological polar surface area (TPSA) is 55.8 Å². The second-order valence-electron chi connectivity index (χ2n) is 4.72. The zero-order chi connectivity index (χ0) is 15.1. The predicted molar refractivity (Wildman–Crippen MR) is 75.5 cm³/mol. The molecular weight excluding hydrogens is 258 g/mol. The van der Waals surface area contributed by atoms with Crippen LogP contribution in [0.5, 0.6) is 5.75 Å². The van der Waals surface area contributed by atoms with E-state index in [9.17, 15) is 9.59 Å². The summed E-state index contributed by atoms with van der Waals surface area (Å²) >= 11 is 0. The number of benzene rings is 1. The van der Waals surface area contributed by atoms with Crippen LogP contribution < -0.4 is 4.74 Å². The van der Waals surface area contributed by atoms with E-state index in [0.29, 0.717) is 13.0 Å². The number of likely N-dealkylation sites (N-methyl/N-ethyl adjacent to an activating group) is 1. The van der Waals surface area contributed by atoms with Crippen LogP contribution in [0.2, 0.25) is 0 Å². The van der Waals surface area contributed by atoms with Crippen molar-refractivity contribution in [3.8, 4) is 5.75 Å².